The zero-order valence-electron chi connectivity index (χ0n) is 12.8. The molecule has 1 amide bonds. The molecule has 24 heavy (non-hydrogen) atoms. The molecule has 0 spiro atoms. The minimum absolute atomic E-state index is 0.0344. The standard InChI is InChI=1S/C18H15Cl2FN2O/c19-12-2-4-16(15(20)7-12)22-9-17-14-8-13(21)3-1-11(14)5-6-23(17)18(24)10-22/h1-4,7-8,17H,5-6,9-10H2. The highest BCUT2D eigenvalue weighted by molar-refractivity contribution is 6.36. The summed E-state index contributed by atoms with van der Waals surface area (Å²) < 4.78 is 13.7. The average Bonchev–Trinajstić information content (AvgIpc) is 2.54. The van der Waals surface area contributed by atoms with Crippen LogP contribution in [0, 0.1) is 5.82 Å². The molecule has 0 saturated carbocycles. The average molecular weight is 365 g/mol. The highest BCUT2D eigenvalue weighted by Gasteiger charge is 2.37. The monoisotopic (exact) mass is 364 g/mol. The number of hydrogen-bond acceptors (Lipinski definition) is 2. The van der Waals surface area contributed by atoms with Crippen molar-refractivity contribution in [1.29, 1.82) is 0 Å². The Hall–Kier alpha value is -1.78. The highest BCUT2D eigenvalue weighted by atomic mass is 35.5. The van der Waals surface area contributed by atoms with Gasteiger partial charge in [0.15, 0.2) is 0 Å². The van der Waals surface area contributed by atoms with Crippen molar-refractivity contribution in [3.8, 4) is 0 Å². The number of anilines is 1. The summed E-state index contributed by atoms with van der Waals surface area (Å²) in [4.78, 5) is 16.4. The minimum atomic E-state index is -0.273. The van der Waals surface area contributed by atoms with E-state index >= 15 is 0 Å². The molecule has 0 N–H and O–H groups in total. The summed E-state index contributed by atoms with van der Waals surface area (Å²) in [6, 6.07) is 9.94. The Balaban J connectivity index is 1.72. The van der Waals surface area contributed by atoms with E-state index in [1.165, 1.54) is 6.07 Å². The second kappa shape index (κ2) is 5.94. The maximum Gasteiger partial charge on any atom is 0.242 e. The van der Waals surface area contributed by atoms with Crippen LogP contribution in [0.4, 0.5) is 10.1 Å². The van der Waals surface area contributed by atoms with Gasteiger partial charge in [-0.1, -0.05) is 29.3 Å². The summed E-state index contributed by atoms with van der Waals surface area (Å²) in [7, 11) is 0. The number of fused-ring (bicyclic) bond motifs is 3. The summed E-state index contributed by atoms with van der Waals surface area (Å²) in [6.07, 6.45) is 0.763. The lowest BCUT2D eigenvalue weighted by molar-refractivity contribution is -0.134. The lowest BCUT2D eigenvalue weighted by Crippen LogP contribution is -2.54. The van der Waals surface area contributed by atoms with E-state index in [0.717, 1.165) is 23.2 Å². The zero-order chi connectivity index (χ0) is 16.8. The lowest BCUT2D eigenvalue weighted by atomic mass is 9.90. The van der Waals surface area contributed by atoms with Crippen LogP contribution in [-0.4, -0.2) is 30.4 Å². The largest absolute Gasteiger partial charge is 0.359 e. The maximum atomic E-state index is 13.7. The van der Waals surface area contributed by atoms with Gasteiger partial charge in [0.05, 0.1) is 23.3 Å². The van der Waals surface area contributed by atoms with Crippen LogP contribution < -0.4 is 4.90 Å². The lowest BCUT2D eigenvalue weighted by Gasteiger charge is -2.45. The number of benzene rings is 2. The molecule has 0 bridgehead atoms. The van der Waals surface area contributed by atoms with Gasteiger partial charge in [0.2, 0.25) is 5.91 Å². The van der Waals surface area contributed by atoms with Crippen molar-refractivity contribution in [2.75, 3.05) is 24.5 Å². The van der Waals surface area contributed by atoms with Crippen LogP contribution in [0.5, 0.6) is 0 Å². The molecule has 4 rings (SSSR count). The van der Waals surface area contributed by atoms with Crippen molar-refractivity contribution in [2.24, 2.45) is 0 Å². The number of rotatable bonds is 1. The Labute approximate surface area is 149 Å². The molecule has 1 atom stereocenters. The van der Waals surface area contributed by atoms with Gasteiger partial charge in [-0.15, -0.1) is 0 Å². The number of nitrogens with zero attached hydrogens (tertiary/aromatic N) is 2. The molecule has 1 fully saturated rings. The Morgan fingerprint density at radius 3 is 2.75 bits per heavy atom. The third-order valence-corrected chi connectivity index (χ3v) is 5.29. The molecule has 0 radical (unpaired) electrons. The first-order valence-corrected chi connectivity index (χ1v) is 8.56. The number of halogens is 3. The van der Waals surface area contributed by atoms with E-state index in [0.29, 0.717) is 23.1 Å². The van der Waals surface area contributed by atoms with E-state index in [1.807, 2.05) is 21.9 Å². The summed E-state index contributed by atoms with van der Waals surface area (Å²) in [5.74, 6) is -0.239. The van der Waals surface area contributed by atoms with Crippen LogP contribution in [0.15, 0.2) is 36.4 Å². The molecule has 0 aliphatic carbocycles. The molecule has 2 aliphatic rings. The minimum Gasteiger partial charge on any atom is -0.359 e. The zero-order valence-corrected chi connectivity index (χ0v) is 14.3. The smallest absolute Gasteiger partial charge is 0.242 e. The Kier molecular flexibility index (Phi) is 3.89. The van der Waals surface area contributed by atoms with Gasteiger partial charge < -0.3 is 9.80 Å². The predicted octanol–water partition coefficient (Wildman–Crippen LogP) is 4.08. The first kappa shape index (κ1) is 15.7. The van der Waals surface area contributed by atoms with Crippen molar-refractivity contribution in [1.82, 2.24) is 4.90 Å². The van der Waals surface area contributed by atoms with Crippen molar-refractivity contribution in [3.63, 3.8) is 0 Å². The Morgan fingerprint density at radius 2 is 1.96 bits per heavy atom. The molecule has 1 saturated heterocycles. The van der Waals surface area contributed by atoms with Gasteiger partial charge in [0.1, 0.15) is 5.82 Å². The van der Waals surface area contributed by atoms with Crippen LogP contribution in [0.2, 0.25) is 10.0 Å². The second-order valence-electron chi connectivity index (χ2n) is 6.17. The molecule has 3 nitrogen and oxygen atoms in total. The summed E-state index contributed by atoms with van der Waals surface area (Å²) >= 11 is 12.3. The van der Waals surface area contributed by atoms with E-state index in [4.69, 9.17) is 23.2 Å². The third kappa shape index (κ3) is 2.64. The first-order chi connectivity index (χ1) is 11.5. The fourth-order valence-corrected chi connectivity index (χ4v) is 4.14. The number of carbonyl (C=O) groups is 1. The highest BCUT2D eigenvalue weighted by Crippen LogP contribution is 2.37. The topological polar surface area (TPSA) is 23.6 Å². The van der Waals surface area contributed by atoms with Gasteiger partial charge in [-0.25, -0.2) is 4.39 Å². The van der Waals surface area contributed by atoms with E-state index in [1.54, 1.807) is 18.2 Å². The Bertz CT molecular complexity index is 827. The first-order valence-electron chi connectivity index (χ1n) is 7.81. The van der Waals surface area contributed by atoms with Gasteiger partial charge >= 0.3 is 0 Å². The van der Waals surface area contributed by atoms with E-state index in [2.05, 4.69) is 0 Å². The second-order valence-corrected chi connectivity index (χ2v) is 7.02. The van der Waals surface area contributed by atoms with Crippen LogP contribution in [-0.2, 0) is 11.2 Å². The summed E-state index contributed by atoms with van der Waals surface area (Å²) in [6.45, 7) is 1.52. The summed E-state index contributed by atoms with van der Waals surface area (Å²) in [5.41, 5.74) is 2.77. The van der Waals surface area contributed by atoms with Gasteiger partial charge in [0.25, 0.3) is 0 Å². The molecule has 2 aromatic rings. The number of carbonyl (C=O) groups excluding carboxylic acids is 1. The van der Waals surface area contributed by atoms with Gasteiger partial charge in [-0.2, -0.15) is 0 Å². The van der Waals surface area contributed by atoms with Crippen LogP contribution in [0.3, 0.4) is 0 Å². The SMILES string of the molecule is O=C1CN(c2ccc(Cl)cc2Cl)CC2c3cc(F)ccc3CCN12. The van der Waals surface area contributed by atoms with Gasteiger partial charge in [-0.3, -0.25) is 4.79 Å². The van der Waals surface area contributed by atoms with E-state index in [9.17, 15) is 9.18 Å². The van der Waals surface area contributed by atoms with Crippen molar-refractivity contribution >= 4 is 34.8 Å². The Morgan fingerprint density at radius 1 is 1.12 bits per heavy atom. The number of piperazine rings is 1. The van der Waals surface area contributed by atoms with Crippen LogP contribution >= 0.6 is 23.2 Å². The number of hydrogen-bond donors (Lipinski definition) is 0. The summed E-state index contributed by atoms with van der Waals surface area (Å²) in [5, 5.41) is 1.07. The van der Waals surface area contributed by atoms with Crippen molar-refractivity contribution in [2.45, 2.75) is 12.5 Å². The molecule has 6 heteroatoms. The fraction of sp³-hybridized carbons (Fsp3) is 0.278. The predicted molar refractivity (Wildman–Crippen MR) is 93.2 cm³/mol. The molecule has 1 unspecified atom stereocenters. The molecular weight excluding hydrogens is 350 g/mol. The molecule has 2 aromatic carbocycles. The van der Waals surface area contributed by atoms with Gasteiger partial charge in [-0.05, 0) is 47.9 Å². The molecule has 2 aliphatic heterocycles. The van der Waals surface area contributed by atoms with Gasteiger partial charge in [0, 0.05) is 18.1 Å². The van der Waals surface area contributed by atoms with Crippen molar-refractivity contribution in [3.05, 3.63) is 63.4 Å². The molecule has 124 valence electrons. The maximum absolute atomic E-state index is 13.7. The van der Waals surface area contributed by atoms with E-state index < -0.39 is 0 Å². The van der Waals surface area contributed by atoms with E-state index in [-0.39, 0.29) is 24.3 Å². The number of amides is 1. The van der Waals surface area contributed by atoms with Crippen LogP contribution in [0.1, 0.15) is 17.2 Å². The molecule has 0 aromatic heterocycles. The molecule has 2 heterocycles. The quantitative estimate of drug-likeness (QED) is 0.761. The normalized spacial score (nSPS) is 20.0. The van der Waals surface area contributed by atoms with Crippen LogP contribution in [0.25, 0.3) is 0 Å². The fourth-order valence-electron chi connectivity index (χ4n) is 3.61. The third-order valence-electron chi connectivity index (χ3n) is 4.76. The van der Waals surface area contributed by atoms with Crippen molar-refractivity contribution < 1.29 is 9.18 Å². The molecular formula is C18H15Cl2FN2O.